The minimum atomic E-state index is -0.0668. The second kappa shape index (κ2) is 6.39. The largest absolute Gasteiger partial charge is 0.289 e. The maximum atomic E-state index is 12.5. The lowest BCUT2D eigenvalue weighted by Gasteiger charge is -2.07. The third-order valence-electron chi connectivity index (χ3n) is 3.45. The summed E-state index contributed by atoms with van der Waals surface area (Å²) in [6.45, 7) is 0. The highest BCUT2D eigenvalue weighted by molar-refractivity contribution is 7.80. The first-order valence-corrected chi connectivity index (χ1v) is 7.66. The number of carbonyl (C=O) groups excluding carboxylic acids is 1. The first-order chi connectivity index (χ1) is 10.6. The van der Waals surface area contributed by atoms with Crippen LogP contribution >= 0.6 is 24.2 Å². The van der Waals surface area contributed by atoms with Gasteiger partial charge in [0.05, 0.1) is 5.02 Å². The van der Waals surface area contributed by atoms with E-state index in [1.54, 1.807) is 18.2 Å². The van der Waals surface area contributed by atoms with Crippen LogP contribution in [0.2, 0.25) is 5.02 Å². The van der Waals surface area contributed by atoms with Crippen molar-refractivity contribution >= 4 is 30.0 Å². The van der Waals surface area contributed by atoms with E-state index >= 15 is 0 Å². The fourth-order valence-electron chi connectivity index (χ4n) is 2.28. The highest BCUT2D eigenvalue weighted by Gasteiger charge is 2.13. The van der Waals surface area contributed by atoms with Crippen LogP contribution in [0, 0.1) is 0 Å². The van der Waals surface area contributed by atoms with Gasteiger partial charge in [-0.2, -0.15) is 0 Å². The van der Waals surface area contributed by atoms with Crippen molar-refractivity contribution < 1.29 is 4.79 Å². The quantitative estimate of drug-likeness (QED) is 0.495. The Labute approximate surface area is 140 Å². The molecule has 0 unspecified atom stereocenters. The molecule has 1 nitrogen and oxygen atoms in total. The molecule has 0 aliphatic heterocycles. The van der Waals surface area contributed by atoms with Crippen LogP contribution in [0.3, 0.4) is 0 Å². The van der Waals surface area contributed by atoms with Gasteiger partial charge in [0.25, 0.3) is 0 Å². The minimum Gasteiger partial charge on any atom is -0.289 e. The van der Waals surface area contributed by atoms with Crippen molar-refractivity contribution in [2.45, 2.75) is 4.90 Å². The summed E-state index contributed by atoms with van der Waals surface area (Å²) in [7, 11) is 0. The Morgan fingerprint density at radius 3 is 2.09 bits per heavy atom. The van der Waals surface area contributed by atoms with E-state index in [1.807, 2.05) is 54.6 Å². The molecule has 0 saturated carbocycles. The maximum absolute atomic E-state index is 12.5. The molecule has 0 saturated heterocycles. The molecule has 3 aromatic carbocycles. The topological polar surface area (TPSA) is 17.1 Å². The van der Waals surface area contributed by atoms with Crippen molar-refractivity contribution in [2.75, 3.05) is 0 Å². The number of ketones is 1. The van der Waals surface area contributed by atoms with Crippen molar-refractivity contribution in [2.24, 2.45) is 0 Å². The second-order valence-corrected chi connectivity index (χ2v) is 5.86. The molecule has 0 bridgehead atoms. The Bertz CT molecular complexity index is 811. The van der Waals surface area contributed by atoms with Gasteiger partial charge in [-0.15, -0.1) is 12.6 Å². The van der Waals surface area contributed by atoms with Gasteiger partial charge in [-0.1, -0.05) is 60.1 Å². The van der Waals surface area contributed by atoms with Crippen molar-refractivity contribution in [3.8, 4) is 11.1 Å². The molecule has 0 N–H and O–H groups in total. The van der Waals surface area contributed by atoms with Crippen LogP contribution in [-0.4, -0.2) is 5.78 Å². The number of thiol groups is 1. The minimum absolute atomic E-state index is 0.0668. The van der Waals surface area contributed by atoms with Crippen LogP contribution in [-0.2, 0) is 0 Å². The normalized spacial score (nSPS) is 10.5. The number of benzene rings is 3. The fourth-order valence-corrected chi connectivity index (χ4v) is 2.69. The van der Waals surface area contributed by atoms with Crippen LogP contribution in [0.1, 0.15) is 15.9 Å². The van der Waals surface area contributed by atoms with Gasteiger partial charge in [-0.3, -0.25) is 4.79 Å². The molecule has 0 aromatic heterocycles. The van der Waals surface area contributed by atoms with E-state index in [0.717, 1.165) is 16.0 Å². The average Bonchev–Trinajstić information content (AvgIpc) is 2.56. The van der Waals surface area contributed by atoms with E-state index in [9.17, 15) is 4.79 Å². The molecule has 0 heterocycles. The molecule has 3 heteroatoms. The number of hydrogen-bond donors (Lipinski definition) is 1. The fraction of sp³-hybridized carbons (Fsp3) is 0. The van der Waals surface area contributed by atoms with Crippen molar-refractivity contribution in [3.63, 3.8) is 0 Å². The molecule has 108 valence electrons. The molecular weight excluding hydrogens is 312 g/mol. The number of rotatable bonds is 3. The third-order valence-corrected chi connectivity index (χ3v) is 4.06. The smallest absolute Gasteiger partial charge is 0.194 e. The molecular formula is C19H13ClOS. The monoisotopic (exact) mass is 324 g/mol. The summed E-state index contributed by atoms with van der Waals surface area (Å²) in [6, 6.07) is 22.5. The highest BCUT2D eigenvalue weighted by atomic mass is 35.5. The highest BCUT2D eigenvalue weighted by Crippen LogP contribution is 2.27. The Balaban J connectivity index is 1.96. The first kappa shape index (κ1) is 14.9. The van der Waals surface area contributed by atoms with E-state index in [0.29, 0.717) is 16.1 Å². The summed E-state index contributed by atoms with van der Waals surface area (Å²) < 4.78 is 0. The van der Waals surface area contributed by atoms with Crippen LogP contribution < -0.4 is 0 Å². The summed E-state index contributed by atoms with van der Waals surface area (Å²) in [6.07, 6.45) is 0. The molecule has 0 fully saturated rings. The lowest BCUT2D eigenvalue weighted by atomic mass is 9.99. The lowest BCUT2D eigenvalue weighted by Crippen LogP contribution is -2.01. The van der Waals surface area contributed by atoms with Gasteiger partial charge in [0.15, 0.2) is 5.78 Å². The van der Waals surface area contributed by atoms with Crippen molar-refractivity contribution in [1.82, 2.24) is 0 Å². The van der Waals surface area contributed by atoms with Gasteiger partial charge >= 0.3 is 0 Å². The summed E-state index contributed by atoms with van der Waals surface area (Å²) in [5.74, 6) is -0.0668. The second-order valence-electron chi connectivity index (χ2n) is 4.94. The zero-order chi connectivity index (χ0) is 15.5. The van der Waals surface area contributed by atoms with Crippen molar-refractivity contribution in [3.05, 3.63) is 88.9 Å². The van der Waals surface area contributed by atoms with Crippen LogP contribution in [0.5, 0.6) is 0 Å². The standard InChI is InChI=1S/C19H13ClOS/c20-18-12-15(13-6-9-16(22)10-7-13)8-11-17(18)19(21)14-4-2-1-3-5-14/h1-12,22H. The zero-order valence-corrected chi connectivity index (χ0v) is 13.3. The molecule has 22 heavy (non-hydrogen) atoms. The molecule has 0 amide bonds. The lowest BCUT2D eigenvalue weighted by molar-refractivity contribution is 0.103. The SMILES string of the molecule is O=C(c1ccccc1)c1ccc(-c2ccc(S)cc2)cc1Cl. The van der Waals surface area contributed by atoms with E-state index in [2.05, 4.69) is 12.6 Å². The van der Waals surface area contributed by atoms with Gasteiger partial charge in [-0.05, 0) is 35.4 Å². The number of halogens is 1. The molecule has 3 aromatic rings. The number of hydrogen-bond acceptors (Lipinski definition) is 2. The molecule has 0 aliphatic carbocycles. The van der Waals surface area contributed by atoms with Gasteiger partial charge < -0.3 is 0 Å². The van der Waals surface area contributed by atoms with Crippen LogP contribution in [0.4, 0.5) is 0 Å². The Morgan fingerprint density at radius 1 is 0.818 bits per heavy atom. The third kappa shape index (κ3) is 3.08. The molecule has 0 aliphatic rings. The summed E-state index contributed by atoms with van der Waals surface area (Å²) in [5.41, 5.74) is 3.17. The predicted molar refractivity (Wildman–Crippen MR) is 94.0 cm³/mol. The van der Waals surface area contributed by atoms with Gasteiger partial charge in [0, 0.05) is 16.0 Å². The number of carbonyl (C=O) groups is 1. The average molecular weight is 325 g/mol. The van der Waals surface area contributed by atoms with E-state index in [4.69, 9.17) is 11.6 Å². The van der Waals surface area contributed by atoms with Gasteiger partial charge in [-0.25, -0.2) is 0 Å². The van der Waals surface area contributed by atoms with Crippen LogP contribution in [0.25, 0.3) is 11.1 Å². The predicted octanol–water partition coefficient (Wildman–Crippen LogP) is 5.53. The summed E-state index contributed by atoms with van der Waals surface area (Å²) in [4.78, 5) is 13.4. The summed E-state index contributed by atoms with van der Waals surface area (Å²) >= 11 is 10.6. The molecule has 0 spiro atoms. The van der Waals surface area contributed by atoms with Gasteiger partial charge in [0.1, 0.15) is 0 Å². The van der Waals surface area contributed by atoms with E-state index in [1.165, 1.54) is 0 Å². The maximum Gasteiger partial charge on any atom is 0.194 e. The Morgan fingerprint density at radius 2 is 1.45 bits per heavy atom. The zero-order valence-electron chi connectivity index (χ0n) is 11.7. The van der Waals surface area contributed by atoms with E-state index in [-0.39, 0.29) is 5.78 Å². The molecule has 3 rings (SSSR count). The molecule has 0 radical (unpaired) electrons. The first-order valence-electron chi connectivity index (χ1n) is 6.84. The summed E-state index contributed by atoms with van der Waals surface area (Å²) in [5, 5.41) is 0.460. The van der Waals surface area contributed by atoms with Crippen molar-refractivity contribution in [1.29, 1.82) is 0 Å². The Kier molecular flexibility index (Phi) is 4.32. The van der Waals surface area contributed by atoms with Gasteiger partial charge in [0.2, 0.25) is 0 Å². The van der Waals surface area contributed by atoms with E-state index < -0.39 is 0 Å². The Hall–Kier alpha value is -2.03. The van der Waals surface area contributed by atoms with Crippen LogP contribution in [0.15, 0.2) is 77.7 Å². The molecule has 0 atom stereocenters.